The summed E-state index contributed by atoms with van der Waals surface area (Å²) >= 11 is 5.66. The molecular weight excluding hydrogens is 200 g/mol. The first-order valence-corrected chi connectivity index (χ1v) is 5.05. The molecule has 3 nitrogen and oxygen atoms in total. The maximum Gasteiger partial charge on any atom is 0.137 e. The number of hydrogen-bond acceptors (Lipinski definition) is 3. The molecule has 2 rings (SSSR count). The van der Waals surface area contributed by atoms with E-state index in [0.29, 0.717) is 11.8 Å². The normalized spacial score (nSPS) is 17.9. The second-order valence-corrected chi connectivity index (χ2v) is 4.02. The van der Waals surface area contributed by atoms with Gasteiger partial charge in [-0.3, -0.25) is 0 Å². The smallest absolute Gasteiger partial charge is 0.137 e. The third-order valence-electron chi connectivity index (χ3n) is 2.60. The molecule has 0 aromatic carbocycles. The Bertz CT molecular complexity index is 308. The van der Waals surface area contributed by atoms with Gasteiger partial charge in [0.25, 0.3) is 0 Å². The molecule has 14 heavy (non-hydrogen) atoms. The van der Waals surface area contributed by atoms with Gasteiger partial charge >= 0.3 is 0 Å². The first kappa shape index (κ1) is 9.74. The van der Waals surface area contributed by atoms with Crippen LogP contribution in [0, 0.1) is 0 Å². The van der Waals surface area contributed by atoms with Gasteiger partial charge in [0.1, 0.15) is 17.5 Å². The van der Waals surface area contributed by atoms with Crippen LogP contribution < -0.4 is 10.1 Å². The van der Waals surface area contributed by atoms with Gasteiger partial charge in [0.15, 0.2) is 0 Å². The van der Waals surface area contributed by atoms with Crippen LogP contribution >= 0.6 is 11.6 Å². The van der Waals surface area contributed by atoms with Gasteiger partial charge < -0.3 is 10.1 Å². The summed E-state index contributed by atoms with van der Waals surface area (Å²) in [7, 11) is 1.97. The average Bonchev–Trinajstić information content (AvgIpc) is 2.98. The summed E-state index contributed by atoms with van der Waals surface area (Å²) in [5.41, 5.74) is 0.208. The van der Waals surface area contributed by atoms with Crippen molar-refractivity contribution in [2.24, 2.45) is 0 Å². The van der Waals surface area contributed by atoms with Gasteiger partial charge in [0, 0.05) is 0 Å². The van der Waals surface area contributed by atoms with Gasteiger partial charge in [-0.1, -0.05) is 11.6 Å². The fraction of sp³-hybridized carbons (Fsp3) is 0.500. The highest BCUT2D eigenvalue weighted by Crippen LogP contribution is 2.35. The summed E-state index contributed by atoms with van der Waals surface area (Å²) in [6.07, 6.45) is 4.02. The van der Waals surface area contributed by atoms with E-state index in [0.717, 1.165) is 5.75 Å². The predicted molar refractivity (Wildman–Crippen MR) is 55.8 cm³/mol. The Labute approximate surface area is 88.4 Å². The largest absolute Gasteiger partial charge is 0.490 e. The van der Waals surface area contributed by atoms with Crippen LogP contribution in [-0.2, 0) is 0 Å². The van der Waals surface area contributed by atoms with Crippen LogP contribution in [0.2, 0.25) is 5.15 Å². The second-order valence-electron chi connectivity index (χ2n) is 3.64. The van der Waals surface area contributed by atoms with E-state index in [2.05, 4.69) is 10.3 Å². The Morgan fingerprint density at radius 3 is 2.86 bits per heavy atom. The van der Waals surface area contributed by atoms with E-state index in [-0.39, 0.29) is 5.54 Å². The van der Waals surface area contributed by atoms with Crippen molar-refractivity contribution in [3.05, 3.63) is 23.5 Å². The Morgan fingerprint density at radius 2 is 2.36 bits per heavy atom. The molecule has 0 bridgehead atoms. The van der Waals surface area contributed by atoms with E-state index in [1.165, 1.54) is 12.8 Å². The van der Waals surface area contributed by atoms with Crippen molar-refractivity contribution in [3.63, 3.8) is 0 Å². The number of halogens is 1. The van der Waals surface area contributed by atoms with Crippen molar-refractivity contribution in [3.8, 4) is 5.75 Å². The molecule has 76 valence electrons. The Balaban J connectivity index is 1.89. The Kier molecular flexibility index (Phi) is 2.61. The number of ether oxygens (including phenoxy) is 1. The van der Waals surface area contributed by atoms with Crippen LogP contribution in [0.1, 0.15) is 12.8 Å². The van der Waals surface area contributed by atoms with E-state index >= 15 is 0 Å². The summed E-state index contributed by atoms with van der Waals surface area (Å²) in [6, 6.07) is 3.57. The van der Waals surface area contributed by atoms with E-state index in [9.17, 15) is 0 Å². The third kappa shape index (κ3) is 2.16. The lowest BCUT2D eigenvalue weighted by molar-refractivity contribution is 0.259. The number of rotatable bonds is 4. The van der Waals surface area contributed by atoms with Gasteiger partial charge in [0.05, 0.1) is 11.7 Å². The van der Waals surface area contributed by atoms with Crippen molar-refractivity contribution in [2.75, 3.05) is 13.7 Å². The number of aromatic nitrogens is 1. The summed E-state index contributed by atoms with van der Waals surface area (Å²) in [4.78, 5) is 3.95. The van der Waals surface area contributed by atoms with Crippen molar-refractivity contribution in [1.82, 2.24) is 10.3 Å². The topological polar surface area (TPSA) is 34.1 Å². The fourth-order valence-electron chi connectivity index (χ4n) is 1.29. The molecule has 0 atom stereocenters. The molecule has 0 unspecified atom stereocenters. The molecule has 1 aromatic heterocycles. The third-order valence-corrected chi connectivity index (χ3v) is 2.82. The van der Waals surface area contributed by atoms with Gasteiger partial charge in [-0.2, -0.15) is 0 Å². The van der Waals surface area contributed by atoms with Crippen molar-refractivity contribution in [2.45, 2.75) is 18.4 Å². The van der Waals surface area contributed by atoms with Crippen molar-refractivity contribution >= 4 is 11.6 Å². The molecule has 0 spiro atoms. The molecule has 1 aliphatic rings. The summed E-state index contributed by atoms with van der Waals surface area (Å²) < 4.78 is 5.60. The molecular formula is C10H13ClN2O. The fourth-order valence-corrected chi connectivity index (χ4v) is 1.40. The van der Waals surface area contributed by atoms with E-state index in [1.54, 1.807) is 12.3 Å². The van der Waals surface area contributed by atoms with Crippen LogP contribution in [0.15, 0.2) is 18.3 Å². The zero-order valence-electron chi connectivity index (χ0n) is 8.09. The Morgan fingerprint density at radius 1 is 1.57 bits per heavy atom. The monoisotopic (exact) mass is 212 g/mol. The molecule has 0 aliphatic heterocycles. The molecule has 0 radical (unpaired) electrons. The minimum absolute atomic E-state index is 0.208. The van der Waals surface area contributed by atoms with Gasteiger partial charge in [-0.05, 0) is 32.0 Å². The van der Waals surface area contributed by atoms with E-state index < -0.39 is 0 Å². The summed E-state index contributed by atoms with van der Waals surface area (Å²) in [5.74, 6) is 0.774. The summed E-state index contributed by atoms with van der Waals surface area (Å²) in [5, 5.41) is 3.76. The van der Waals surface area contributed by atoms with Gasteiger partial charge in [-0.15, -0.1) is 0 Å². The lowest BCUT2D eigenvalue weighted by Gasteiger charge is -2.14. The highest BCUT2D eigenvalue weighted by Gasteiger charge is 2.41. The van der Waals surface area contributed by atoms with Gasteiger partial charge in [-0.25, -0.2) is 4.98 Å². The lowest BCUT2D eigenvalue weighted by atomic mass is 10.3. The first-order chi connectivity index (χ1) is 6.74. The standard InChI is InChI=1S/C10H13ClN2O/c1-12-10(4-5-10)7-14-8-2-3-9(11)13-6-8/h2-3,6,12H,4-5,7H2,1H3. The number of nitrogens with one attached hydrogen (secondary N) is 1. The van der Waals surface area contributed by atoms with Crippen LogP contribution in [0.3, 0.4) is 0 Å². The van der Waals surface area contributed by atoms with E-state index in [4.69, 9.17) is 16.3 Å². The lowest BCUT2D eigenvalue weighted by Crippen LogP contribution is -2.33. The second kappa shape index (κ2) is 3.75. The Hall–Kier alpha value is -0.800. The minimum atomic E-state index is 0.208. The number of hydrogen-bond donors (Lipinski definition) is 1. The zero-order chi connectivity index (χ0) is 10.0. The van der Waals surface area contributed by atoms with Crippen LogP contribution in [0.25, 0.3) is 0 Å². The van der Waals surface area contributed by atoms with Crippen molar-refractivity contribution in [1.29, 1.82) is 0 Å². The average molecular weight is 213 g/mol. The molecule has 1 aliphatic carbocycles. The van der Waals surface area contributed by atoms with Crippen LogP contribution in [0.4, 0.5) is 0 Å². The molecule has 0 saturated heterocycles. The maximum absolute atomic E-state index is 5.66. The molecule has 1 heterocycles. The van der Waals surface area contributed by atoms with Crippen LogP contribution in [0.5, 0.6) is 5.75 Å². The molecule has 1 N–H and O–H groups in total. The van der Waals surface area contributed by atoms with Crippen LogP contribution in [-0.4, -0.2) is 24.2 Å². The quantitative estimate of drug-likeness (QED) is 0.774. The highest BCUT2D eigenvalue weighted by atomic mass is 35.5. The molecule has 1 aromatic rings. The summed E-state index contributed by atoms with van der Waals surface area (Å²) in [6.45, 7) is 0.701. The predicted octanol–water partition coefficient (Wildman–Crippen LogP) is 1.87. The van der Waals surface area contributed by atoms with Gasteiger partial charge in [0.2, 0.25) is 0 Å². The zero-order valence-corrected chi connectivity index (χ0v) is 8.84. The number of pyridine rings is 1. The van der Waals surface area contributed by atoms with Crippen molar-refractivity contribution < 1.29 is 4.74 Å². The number of likely N-dealkylation sites (N-methyl/N-ethyl adjacent to an activating group) is 1. The molecule has 1 saturated carbocycles. The SMILES string of the molecule is CNC1(COc2ccc(Cl)nc2)CC1. The molecule has 0 amide bonds. The molecule has 4 heteroatoms. The minimum Gasteiger partial charge on any atom is -0.490 e. The maximum atomic E-state index is 5.66. The number of nitrogens with zero attached hydrogens (tertiary/aromatic N) is 1. The first-order valence-electron chi connectivity index (χ1n) is 4.67. The highest BCUT2D eigenvalue weighted by molar-refractivity contribution is 6.29. The molecule has 1 fully saturated rings. The van der Waals surface area contributed by atoms with E-state index in [1.807, 2.05) is 13.1 Å².